The van der Waals surface area contributed by atoms with Gasteiger partial charge >= 0.3 is 11.9 Å². The van der Waals surface area contributed by atoms with E-state index in [1.54, 1.807) is 24.3 Å². The van der Waals surface area contributed by atoms with E-state index in [-0.39, 0.29) is 12.8 Å². The molecular formula is C14H16BrNO5. The van der Waals surface area contributed by atoms with Crippen molar-refractivity contribution >= 4 is 33.8 Å². The van der Waals surface area contributed by atoms with Gasteiger partial charge in [-0.15, -0.1) is 0 Å². The van der Waals surface area contributed by atoms with Crippen molar-refractivity contribution in [1.82, 2.24) is 5.32 Å². The fourth-order valence-corrected chi connectivity index (χ4v) is 2.03. The molecule has 0 saturated carbocycles. The minimum Gasteiger partial charge on any atom is -0.469 e. The van der Waals surface area contributed by atoms with Gasteiger partial charge in [-0.25, -0.2) is 4.79 Å². The fraction of sp³-hybridized carbons (Fsp3) is 0.357. The first kappa shape index (κ1) is 17.2. The second-order valence-electron chi connectivity index (χ2n) is 4.17. The molecular weight excluding hydrogens is 342 g/mol. The molecule has 0 bridgehead atoms. The Labute approximate surface area is 130 Å². The number of halogens is 1. The molecule has 0 aliphatic carbocycles. The zero-order chi connectivity index (χ0) is 15.8. The van der Waals surface area contributed by atoms with Gasteiger partial charge in [0.05, 0.1) is 14.2 Å². The number of benzene rings is 1. The molecule has 0 heterocycles. The molecule has 0 aliphatic heterocycles. The Kier molecular flexibility index (Phi) is 6.87. The van der Waals surface area contributed by atoms with E-state index in [4.69, 9.17) is 0 Å². The van der Waals surface area contributed by atoms with Crippen molar-refractivity contribution in [3.63, 3.8) is 0 Å². The Bertz CT molecular complexity index is 532. The Morgan fingerprint density at radius 2 is 1.95 bits per heavy atom. The third-order valence-corrected chi connectivity index (χ3v) is 3.24. The largest absolute Gasteiger partial charge is 0.469 e. The third-order valence-electron chi connectivity index (χ3n) is 2.74. The smallest absolute Gasteiger partial charge is 0.328 e. The lowest BCUT2D eigenvalue weighted by molar-refractivity contribution is -0.144. The molecule has 1 amide bonds. The van der Waals surface area contributed by atoms with Gasteiger partial charge in [0, 0.05) is 16.5 Å². The average molecular weight is 358 g/mol. The van der Waals surface area contributed by atoms with Crippen LogP contribution in [0.2, 0.25) is 0 Å². The summed E-state index contributed by atoms with van der Waals surface area (Å²) in [7, 11) is 2.48. The summed E-state index contributed by atoms with van der Waals surface area (Å²) in [6.45, 7) is 0. The lowest BCUT2D eigenvalue weighted by Gasteiger charge is -2.16. The van der Waals surface area contributed by atoms with Crippen LogP contribution < -0.4 is 5.32 Å². The fourth-order valence-electron chi connectivity index (χ4n) is 1.63. The molecule has 0 aromatic heterocycles. The van der Waals surface area contributed by atoms with Gasteiger partial charge in [-0.3, -0.25) is 9.59 Å². The summed E-state index contributed by atoms with van der Waals surface area (Å²) in [5.41, 5.74) is 0.399. The van der Waals surface area contributed by atoms with Crippen LogP contribution in [0.25, 0.3) is 0 Å². The third kappa shape index (κ3) is 5.55. The molecule has 1 rings (SSSR count). The summed E-state index contributed by atoms with van der Waals surface area (Å²) in [5, 5.41) is 2.55. The Balaban J connectivity index is 2.73. The molecule has 0 aliphatic rings. The van der Waals surface area contributed by atoms with E-state index in [0.717, 1.165) is 4.47 Å². The van der Waals surface area contributed by atoms with Crippen LogP contribution in [0.3, 0.4) is 0 Å². The van der Waals surface area contributed by atoms with Gasteiger partial charge in [-0.05, 0) is 24.6 Å². The minimum absolute atomic E-state index is 0.00896. The lowest BCUT2D eigenvalue weighted by atomic mass is 10.1. The number of methoxy groups -OCH3 is 2. The maximum absolute atomic E-state index is 12.1. The first-order valence-corrected chi connectivity index (χ1v) is 6.98. The van der Waals surface area contributed by atoms with E-state index in [2.05, 4.69) is 30.7 Å². The van der Waals surface area contributed by atoms with Gasteiger partial charge in [0.2, 0.25) is 0 Å². The van der Waals surface area contributed by atoms with Gasteiger partial charge in [0.25, 0.3) is 5.91 Å². The summed E-state index contributed by atoms with van der Waals surface area (Å²) in [6.07, 6.45) is 0.119. The highest BCUT2D eigenvalue weighted by Crippen LogP contribution is 2.12. The molecule has 1 aromatic carbocycles. The number of hydrogen-bond donors (Lipinski definition) is 1. The van der Waals surface area contributed by atoms with Gasteiger partial charge < -0.3 is 14.8 Å². The summed E-state index contributed by atoms with van der Waals surface area (Å²) >= 11 is 3.27. The van der Waals surface area contributed by atoms with Gasteiger partial charge in [0.15, 0.2) is 0 Å². The maximum atomic E-state index is 12.1. The normalized spacial score (nSPS) is 11.4. The van der Waals surface area contributed by atoms with Crippen LogP contribution in [0, 0.1) is 0 Å². The van der Waals surface area contributed by atoms with E-state index in [1.165, 1.54) is 14.2 Å². The van der Waals surface area contributed by atoms with Crippen LogP contribution in [0.15, 0.2) is 28.7 Å². The molecule has 0 saturated heterocycles. The second-order valence-corrected chi connectivity index (χ2v) is 5.09. The van der Waals surface area contributed by atoms with Crippen molar-refractivity contribution in [1.29, 1.82) is 0 Å². The van der Waals surface area contributed by atoms with Gasteiger partial charge in [-0.2, -0.15) is 0 Å². The number of carbonyl (C=O) groups excluding carboxylic acids is 3. The number of nitrogens with one attached hydrogen (secondary N) is 1. The monoisotopic (exact) mass is 357 g/mol. The molecule has 1 atom stereocenters. The molecule has 1 aromatic rings. The van der Waals surface area contributed by atoms with Crippen LogP contribution in [0.5, 0.6) is 0 Å². The number of carbonyl (C=O) groups is 3. The average Bonchev–Trinajstić information content (AvgIpc) is 2.49. The molecule has 21 heavy (non-hydrogen) atoms. The lowest BCUT2D eigenvalue weighted by Crippen LogP contribution is -2.41. The Morgan fingerprint density at radius 1 is 1.24 bits per heavy atom. The van der Waals surface area contributed by atoms with E-state index in [0.29, 0.717) is 5.56 Å². The molecule has 0 spiro atoms. The number of amides is 1. The van der Waals surface area contributed by atoms with Crippen molar-refractivity contribution in [2.45, 2.75) is 18.9 Å². The predicted molar refractivity (Wildman–Crippen MR) is 78.7 cm³/mol. The first-order chi connectivity index (χ1) is 9.97. The second kappa shape index (κ2) is 8.41. The van der Waals surface area contributed by atoms with Crippen molar-refractivity contribution in [2.24, 2.45) is 0 Å². The quantitative estimate of drug-likeness (QED) is 0.783. The number of rotatable bonds is 6. The van der Waals surface area contributed by atoms with Crippen molar-refractivity contribution in [3.8, 4) is 0 Å². The van der Waals surface area contributed by atoms with Crippen molar-refractivity contribution < 1.29 is 23.9 Å². The van der Waals surface area contributed by atoms with Crippen LogP contribution in [-0.4, -0.2) is 38.1 Å². The first-order valence-electron chi connectivity index (χ1n) is 6.19. The minimum atomic E-state index is -0.902. The Morgan fingerprint density at radius 3 is 2.52 bits per heavy atom. The van der Waals surface area contributed by atoms with Crippen molar-refractivity contribution in [3.05, 3.63) is 34.3 Å². The summed E-state index contributed by atoms with van der Waals surface area (Å²) in [6, 6.07) is 5.84. The van der Waals surface area contributed by atoms with E-state index in [9.17, 15) is 14.4 Å². The van der Waals surface area contributed by atoms with Crippen molar-refractivity contribution in [2.75, 3.05) is 14.2 Å². The summed E-state index contributed by atoms with van der Waals surface area (Å²) < 4.78 is 9.88. The summed E-state index contributed by atoms with van der Waals surface area (Å²) in [5.74, 6) is -1.49. The Hall–Kier alpha value is -1.89. The maximum Gasteiger partial charge on any atom is 0.328 e. The molecule has 1 N–H and O–H groups in total. The molecule has 0 fully saturated rings. The molecule has 0 radical (unpaired) electrons. The highest BCUT2D eigenvalue weighted by molar-refractivity contribution is 9.10. The molecule has 0 unspecified atom stereocenters. The predicted octanol–water partition coefficient (Wildman–Crippen LogP) is 1.67. The standard InChI is InChI=1S/C14H16BrNO5/c1-20-12(17)7-6-11(14(19)21-2)16-13(18)9-4-3-5-10(15)8-9/h3-5,8,11H,6-7H2,1-2H3,(H,16,18)/t11-/m0/s1. The van der Waals surface area contributed by atoms with Gasteiger partial charge in [0.1, 0.15) is 6.04 Å². The van der Waals surface area contributed by atoms with Crippen LogP contribution >= 0.6 is 15.9 Å². The SMILES string of the molecule is COC(=O)CC[C@H](NC(=O)c1cccc(Br)c1)C(=O)OC. The van der Waals surface area contributed by atoms with Gasteiger partial charge in [-0.1, -0.05) is 22.0 Å². The zero-order valence-corrected chi connectivity index (χ0v) is 13.3. The van der Waals surface area contributed by atoms with Crippen LogP contribution in [0.4, 0.5) is 0 Å². The topological polar surface area (TPSA) is 81.7 Å². The molecule has 114 valence electrons. The van der Waals surface area contributed by atoms with E-state index in [1.807, 2.05) is 0 Å². The van der Waals surface area contributed by atoms with Crippen LogP contribution in [-0.2, 0) is 19.1 Å². The number of hydrogen-bond acceptors (Lipinski definition) is 5. The molecule has 7 heteroatoms. The number of esters is 2. The zero-order valence-electron chi connectivity index (χ0n) is 11.7. The molecule has 6 nitrogen and oxygen atoms in total. The highest BCUT2D eigenvalue weighted by Gasteiger charge is 2.23. The number of ether oxygens (including phenoxy) is 2. The van der Waals surface area contributed by atoms with E-state index < -0.39 is 23.9 Å². The van der Waals surface area contributed by atoms with E-state index >= 15 is 0 Å². The highest BCUT2D eigenvalue weighted by atomic mass is 79.9. The summed E-state index contributed by atoms with van der Waals surface area (Å²) in [4.78, 5) is 34.9. The van der Waals surface area contributed by atoms with Crippen LogP contribution in [0.1, 0.15) is 23.2 Å².